The van der Waals surface area contributed by atoms with Gasteiger partial charge in [0.2, 0.25) is 0 Å². The molecule has 0 amide bonds. The summed E-state index contributed by atoms with van der Waals surface area (Å²) in [4.78, 5) is 3.15. The van der Waals surface area contributed by atoms with Crippen LogP contribution in [-0.4, -0.2) is 20.4 Å². The van der Waals surface area contributed by atoms with E-state index >= 15 is 0 Å². The Morgan fingerprint density at radius 3 is 2.70 bits per heavy atom. The van der Waals surface area contributed by atoms with Crippen molar-refractivity contribution in [1.82, 2.24) is 14.2 Å². The fourth-order valence-corrected chi connectivity index (χ4v) is 2.53. The molecule has 0 bridgehead atoms. The van der Waals surface area contributed by atoms with Crippen LogP contribution in [-0.2, 0) is 7.05 Å². The largest absolute Gasteiger partial charge is 0.339 e. The van der Waals surface area contributed by atoms with Crippen molar-refractivity contribution in [3.05, 3.63) is 64.3 Å². The Bertz CT molecular complexity index is 967. The van der Waals surface area contributed by atoms with E-state index in [4.69, 9.17) is 17.5 Å². The number of H-pyrrole nitrogens is 1. The van der Waals surface area contributed by atoms with Crippen LogP contribution in [0, 0.1) is 23.0 Å². The van der Waals surface area contributed by atoms with Gasteiger partial charge in [0.05, 0.1) is 18.1 Å². The molecule has 5 nitrogen and oxygen atoms in total. The van der Waals surface area contributed by atoms with Gasteiger partial charge in [-0.3, -0.25) is 0 Å². The van der Waals surface area contributed by atoms with Gasteiger partial charge in [0.1, 0.15) is 11.8 Å². The minimum atomic E-state index is 0.522. The molecule has 0 fully saturated rings. The summed E-state index contributed by atoms with van der Waals surface area (Å²) in [7, 11) is 1.86. The van der Waals surface area contributed by atoms with E-state index < -0.39 is 0 Å². The molecular weight excluding hydrogens is 306 g/mol. The summed E-state index contributed by atoms with van der Waals surface area (Å²) in [5.74, 6) is 0. The number of nitriles is 1. The molecule has 0 aliphatic heterocycles. The van der Waals surface area contributed by atoms with Gasteiger partial charge < -0.3 is 9.55 Å². The Hall–Kier alpha value is -2.91. The van der Waals surface area contributed by atoms with Crippen LogP contribution in [0.1, 0.15) is 17.0 Å². The number of nitrogens with one attached hydrogen (secondary N) is 1. The number of aromatic nitrogens is 3. The summed E-state index contributed by atoms with van der Waals surface area (Å²) in [6.45, 7) is 1.95. The molecule has 3 aromatic rings. The van der Waals surface area contributed by atoms with Crippen molar-refractivity contribution in [1.29, 1.82) is 5.26 Å². The van der Waals surface area contributed by atoms with Gasteiger partial charge >= 0.3 is 0 Å². The minimum absolute atomic E-state index is 0.522. The molecule has 2 aromatic heterocycles. The van der Waals surface area contributed by atoms with Crippen molar-refractivity contribution in [3.8, 4) is 17.3 Å². The Morgan fingerprint density at radius 2 is 2.04 bits per heavy atom. The molecule has 1 N–H and O–H groups in total. The van der Waals surface area contributed by atoms with E-state index in [1.807, 2.05) is 61.1 Å². The number of benzene rings is 1. The maximum Gasteiger partial charge on any atom is 0.198 e. The van der Waals surface area contributed by atoms with Gasteiger partial charge in [0.15, 0.2) is 4.77 Å². The topological polar surface area (TPSA) is 61.8 Å². The molecule has 3 rings (SSSR count). The van der Waals surface area contributed by atoms with Crippen LogP contribution < -0.4 is 0 Å². The average molecular weight is 321 g/mol. The summed E-state index contributed by atoms with van der Waals surface area (Å²) in [5, 5.41) is 13.5. The van der Waals surface area contributed by atoms with Crippen molar-refractivity contribution >= 4 is 18.4 Å². The Balaban J connectivity index is 1.94. The zero-order valence-electron chi connectivity index (χ0n) is 12.8. The van der Waals surface area contributed by atoms with Gasteiger partial charge in [0, 0.05) is 18.3 Å². The molecule has 6 heteroatoms. The fourth-order valence-electron chi connectivity index (χ4n) is 2.32. The summed E-state index contributed by atoms with van der Waals surface area (Å²) < 4.78 is 3.98. The molecule has 0 saturated heterocycles. The number of rotatable bonds is 3. The van der Waals surface area contributed by atoms with Gasteiger partial charge in [-0.1, -0.05) is 30.3 Å². The van der Waals surface area contributed by atoms with E-state index in [0.29, 0.717) is 10.5 Å². The molecule has 0 saturated carbocycles. The highest BCUT2D eigenvalue weighted by Gasteiger charge is 2.07. The van der Waals surface area contributed by atoms with Gasteiger partial charge in [-0.2, -0.15) is 10.4 Å². The molecule has 0 unspecified atom stereocenters. The molecule has 2 heterocycles. The van der Waals surface area contributed by atoms with Gasteiger partial charge in [-0.25, -0.2) is 4.68 Å². The van der Waals surface area contributed by atoms with Gasteiger partial charge in [-0.05, 0) is 30.8 Å². The first-order valence-electron chi connectivity index (χ1n) is 7.08. The van der Waals surface area contributed by atoms with E-state index in [2.05, 4.69) is 16.2 Å². The maximum absolute atomic E-state index is 9.07. The van der Waals surface area contributed by atoms with Crippen molar-refractivity contribution in [2.24, 2.45) is 12.1 Å². The first kappa shape index (κ1) is 15.0. The molecule has 0 atom stereocenters. The second-order valence-electron chi connectivity index (χ2n) is 5.17. The second kappa shape index (κ2) is 6.07. The zero-order chi connectivity index (χ0) is 16.4. The Morgan fingerprint density at radius 1 is 1.30 bits per heavy atom. The summed E-state index contributed by atoms with van der Waals surface area (Å²) >= 11 is 5.31. The molecule has 0 radical (unpaired) electrons. The van der Waals surface area contributed by atoms with Crippen LogP contribution in [0.25, 0.3) is 11.3 Å². The molecule has 0 aliphatic rings. The molecule has 114 valence electrons. The molecule has 0 spiro atoms. The van der Waals surface area contributed by atoms with Crippen LogP contribution in [0.2, 0.25) is 0 Å². The van der Waals surface area contributed by atoms with E-state index in [1.165, 1.54) is 0 Å². The molecule has 0 aliphatic carbocycles. The lowest BCUT2D eigenvalue weighted by molar-refractivity contribution is 0.857. The zero-order valence-corrected chi connectivity index (χ0v) is 13.6. The lowest BCUT2D eigenvalue weighted by atomic mass is 10.2. The predicted molar refractivity (Wildman–Crippen MR) is 92.9 cm³/mol. The number of nitrogens with zero attached hydrogens (tertiary/aromatic N) is 4. The van der Waals surface area contributed by atoms with Crippen LogP contribution in [0.4, 0.5) is 0 Å². The van der Waals surface area contributed by atoms with E-state index in [-0.39, 0.29) is 0 Å². The van der Waals surface area contributed by atoms with Gasteiger partial charge in [-0.15, -0.1) is 0 Å². The lowest BCUT2D eigenvalue weighted by Gasteiger charge is -1.97. The Labute approximate surface area is 139 Å². The van der Waals surface area contributed by atoms with E-state index in [1.54, 1.807) is 10.9 Å². The van der Waals surface area contributed by atoms with Crippen molar-refractivity contribution < 1.29 is 0 Å². The highest BCUT2D eigenvalue weighted by molar-refractivity contribution is 7.71. The average Bonchev–Trinajstić information content (AvgIpc) is 3.08. The smallest absolute Gasteiger partial charge is 0.198 e. The molecule has 23 heavy (non-hydrogen) atoms. The van der Waals surface area contributed by atoms with Crippen molar-refractivity contribution in [2.75, 3.05) is 0 Å². The monoisotopic (exact) mass is 321 g/mol. The minimum Gasteiger partial charge on any atom is -0.339 e. The number of imidazole rings is 1. The van der Waals surface area contributed by atoms with Crippen molar-refractivity contribution in [3.63, 3.8) is 0 Å². The third-order valence-electron chi connectivity index (χ3n) is 3.80. The van der Waals surface area contributed by atoms with Crippen molar-refractivity contribution in [2.45, 2.75) is 6.92 Å². The van der Waals surface area contributed by atoms with E-state index in [0.717, 1.165) is 22.5 Å². The number of hydrogen-bond acceptors (Lipinski definition) is 3. The first-order chi connectivity index (χ1) is 11.1. The normalized spacial score (nSPS) is 11.0. The molecule has 1 aromatic carbocycles. The SMILES string of the molecule is Cc1c(C=Nn2cc(-c3ccccc3)[nH]c2=S)cc(C#N)n1C. The third kappa shape index (κ3) is 2.87. The summed E-state index contributed by atoms with van der Waals surface area (Å²) in [6.07, 6.45) is 3.58. The lowest BCUT2D eigenvalue weighted by Crippen LogP contribution is -1.95. The first-order valence-corrected chi connectivity index (χ1v) is 7.49. The number of hydrogen-bond donors (Lipinski definition) is 1. The second-order valence-corrected chi connectivity index (χ2v) is 5.56. The van der Waals surface area contributed by atoms with Crippen LogP contribution >= 0.6 is 12.2 Å². The van der Waals surface area contributed by atoms with Crippen LogP contribution in [0.5, 0.6) is 0 Å². The van der Waals surface area contributed by atoms with E-state index in [9.17, 15) is 0 Å². The summed E-state index contributed by atoms with van der Waals surface area (Å²) in [6, 6.07) is 13.9. The predicted octanol–water partition coefficient (Wildman–Crippen LogP) is 3.61. The standard InChI is InChI=1S/C17H15N5S/c1-12-14(8-15(9-18)21(12)2)10-19-22-11-16(20-17(22)23)13-6-4-3-5-7-13/h3-8,10-11H,1-2H3,(H,20,23). The number of aromatic amines is 1. The maximum atomic E-state index is 9.07. The highest BCUT2D eigenvalue weighted by atomic mass is 32.1. The molecular formula is C17H15N5S. The van der Waals surface area contributed by atoms with Gasteiger partial charge in [0.25, 0.3) is 0 Å². The highest BCUT2D eigenvalue weighted by Crippen LogP contribution is 2.17. The fraction of sp³-hybridized carbons (Fsp3) is 0.118. The third-order valence-corrected chi connectivity index (χ3v) is 4.09. The quantitative estimate of drug-likeness (QED) is 0.591. The van der Waals surface area contributed by atoms with Crippen LogP contribution in [0.3, 0.4) is 0 Å². The van der Waals surface area contributed by atoms with Crippen LogP contribution in [0.15, 0.2) is 47.7 Å². The Kier molecular flexibility index (Phi) is 3.96. The summed E-state index contributed by atoms with van der Waals surface area (Å²) in [5.41, 5.74) is 4.45.